The van der Waals surface area contributed by atoms with Crippen LogP contribution >= 0.6 is 10.7 Å². The van der Waals surface area contributed by atoms with E-state index < -0.39 is 9.05 Å². The summed E-state index contributed by atoms with van der Waals surface area (Å²) in [6.45, 7) is 4.54. The molecule has 0 N–H and O–H groups in total. The summed E-state index contributed by atoms with van der Waals surface area (Å²) in [6, 6.07) is 0. The van der Waals surface area contributed by atoms with Gasteiger partial charge in [-0.05, 0) is 24.7 Å². The summed E-state index contributed by atoms with van der Waals surface area (Å²) in [7, 11) is 1.90. The van der Waals surface area contributed by atoms with Crippen LogP contribution < -0.4 is 0 Å². The Morgan fingerprint density at radius 2 is 1.72 bits per heavy atom. The Kier molecular flexibility index (Phi) is 6.96. The Labute approximate surface area is 116 Å². The van der Waals surface area contributed by atoms with Crippen molar-refractivity contribution in [1.82, 2.24) is 0 Å². The zero-order valence-corrected chi connectivity index (χ0v) is 13.0. The van der Waals surface area contributed by atoms with Gasteiger partial charge in [-0.25, -0.2) is 8.42 Å². The van der Waals surface area contributed by atoms with Gasteiger partial charge < -0.3 is 4.74 Å². The third kappa shape index (κ3) is 6.95. The first-order valence-corrected chi connectivity index (χ1v) is 9.40. The minimum absolute atomic E-state index is 0.00393. The molecule has 0 radical (unpaired) electrons. The number of ether oxygens (including phenoxy) is 1. The van der Waals surface area contributed by atoms with Crippen molar-refractivity contribution in [3.05, 3.63) is 0 Å². The number of hydrogen-bond donors (Lipinski definition) is 0. The van der Waals surface area contributed by atoms with E-state index in [0.717, 1.165) is 12.8 Å². The van der Waals surface area contributed by atoms with Crippen LogP contribution in [0, 0.1) is 11.8 Å². The summed E-state index contributed by atoms with van der Waals surface area (Å²) in [4.78, 5) is 0. The first-order chi connectivity index (χ1) is 8.38. The molecule has 108 valence electrons. The molecule has 1 fully saturated rings. The van der Waals surface area contributed by atoms with E-state index in [4.69, 9.17) is 15.4 Å². The molecule has 1 unspecified atom stereocenters. The monoisotopic (exact) mass is 296 g/mol. The largest absolute Gasteiger partial charge is 0.378 e. The van der Waals surface area contributed by atoms with Crippen LogP contribution in [-0.2, 0) is 13.8 Å². The molecule has 1 saturated carbocycles. The molecular formula is C13H25ClO3S. The summed E-state index contributed by atoms with van der Waals surface area (Å²) in [5.74, 6) is 0.277. The highest BCUT2D eigenvalue weighted by atomic mass is 35.7. The minimum Gasteiger partial charge on any atom is -0.378 e. The van der Waals surface area contributed by atoms with Crippen molar-refractivity contribution < 1.29 is 13.2 Å². The summed E-state index contributed by atoms with van der Waals surface area (Å²) >= 11 is 0. The van der Waals surface area contributed by atoms with E-state index in [1.54, 1.807) is 0 Å². The molecule has 0 amide bonds. The molecule has 3 nitrogen and oxygen atoms in total. The van der Waals surface area contributed by atoms with Gasteiger partial charge in [0.05, 0.1) is 18.5 Å². The lowest BCUT2D eigenvalue weighted by molar-refractivity contribution is 0.0158. The quantitative estimate of drug-likeness (QED) is 0.556. The van der Waals surface area contributed by atoms with Crippen molar-refractivity contribution in [2.45, 2.75) is 58.5 Å². The van der Waals surface area contributed by atoms with Crippen LogP contribution in [0.4, 0.5) is 0 Å². The average Bonchev–Trinajstić information content (AvgIpc) is 2.50. The molecule has 1 aliphatic rings. The lowest BCUT2D eigenvalue weighted by Gasteiger charge is -2.23. The topological polar surface area (TPSA) is 43.4 Å². The normalized spacial score (nSPS) is 20.9. The zero-order chi connectivity index (χ0) is 13.6. The highest BCUT2D eigenvalue weighted by Crippen LogP contribution is 2.22. The van der Waals surface area contributed by atoms with Crippen LogP contribution in [0.25, 0.3) is 0 Å². The zero-order valence-electron chi connectivity index (χ0n) is 11.4. The maximum atomic E-state index is 11.2. The number of halogens is 1. The molecule has 1 aliphatic carbocycles. The van der Waals surface area contributed by atoms with E-state index >= 15 is 0 Å². The van der Waals surface area contributed by atoms with Gasteiger partial charge in [0.2, 0.25) is 9.05 Å². The maximum Gasteiger partial charge on any atom is 0.232 e. The maximum absolute atomic E-state index is 11.2. The van der Waals surface area contributed by atoms with Gasteiger partial charge in [0.25, 0.3) is 0 Å². The molecular weight excluding hydrogens is 272 g/mol. The summed E-state index contributed by atoms with van der Waals surface area (Å²) in [5, 5.41) is 0. The second-order valence-electron chi connectivity index (χ2n) is 5.66. The van der Waals surface area contributed by atoms with E-state index in [-0.39, 0.29) is 17.6 Å². The fourth-order valence-corrected chi connectivity index (χ4v) is 3.83. The van der Waals surface area contributed by atoms with E-state index in [1.165, 1.54) is 25.7 Å². The molecule has 0 bridgehead atoms. The Morgan fingerprint density at radius 1 is 1.17 bits per heavy atom. The number of rotatable bonds is 6. The molecule has 0 aromatic carbocycles. The third-order valence-electron chi connectivity index (χ3n) is 3.70. The predicted molar refractivity (Wildman–Crippen MR) is 75.4 cm³/mol. The smallest absolute Gasteiger partial charge is 0.232 e. The molecule has 1 atom stereocenters. The fourth-order valence-electron chi connectivity index (χ4n) is 2.36. The van der Waals surface area contributed by atoms with E-state index in [2.05, 4.69) is 0 Å². The van der Waals surface area contributed by atoms with Crippen LogP contribution in [0.5, 0.6) is 0 Å². The summed E-state index contributed by atoms with van der Waals surface area (Å²) in [6.07, 6.45) is 7.58. The van der Waals surface area contributed by atoms with Gasteiger partial charge in [-0.3, -0.25) is 0 Å². The van der Waals surface area contributed by atoms with E-state index in [1.807, 2.05) is 13.8 Å². The van der Waals surface area contributed by atoms with Gasteiger partial charge in [0.1, 0.15) is 0 Å². The van der Waals surface area contributed by atoms with Crippen molar-refractivity contribution in [3.63, 3.8) is 0 Å². The average molecular weight is 297 g/mol. The standard InChI is InChI=1S/C13H25ClO3S/c1-11(2)12(10-18(14,15)16)9-17-13-7-5-3-4-6-8-13/h11-13H,3-10H2,1-2H3. The van der Waals surface area contributed by atoms with Crippen LogP contribution in [-0.4, -0.2) is 26.9 Å². The molecule has 18 heavy (non-hydrogen) atoms. The Hall–Kier alpha value is 0.200. The molecule has 0 saturated heterocycles. The molecule has 0 aromatic heterocycles. The van der Waals surface area contributed by atoms with Crippen LogP contribution in [0.3, 0.4) is 0 Å². The van der Waals surface area contributed by atoms with Gasteiger partial charge in [-0.2, -0.15) is 0 Å². The second-order valence-corrected chi connectivity index (χ2v) is 8.48. The summed E-state index contributed by atoms with van der Waals surface area (Å²) < 4.78 is 28.2. The van der Waals surface area contributed by atoms with Crippen molar-refractivity contribution >= 4 is 19.7 Å². The molecule has 0 aliphatic heterocycles. The molecule has 5 heteroatoms. The first-order valence-electron chi connectivity index (χ1n) is 6.92. The predicted octanol–water partition coefficient (Wildman–Crippen LogP) is 3.57. The van der Waals surface area contributed by atoms with Crippen LogP contribution in [0.15, 0.2) is 0 Å². The second kappa shape index (κ2) is 7.71. The fraction of sp³-hybridized carbons (Fsp3) is 1.00. The number of hydrogen-bond acceptors (Lipinski definition) is 3. The van der Waals surface area contributed by atoms with Crippen LogP contribution in [0.1, 0.15) is 52.4 Å². The Morgan fingerprint density at radius 3 is 2.17 bits per heavy atom. The summed E-state index contributed by atoms with van der Waals surface area (Å²) in [5.41, 5.74) is 0. The Balaban J connectivity index is 2.41. The molecule has 1 rings (SSSR count). The lowest BCUT2D eigenvalue weighted by atomic mass is 9.99. The van der Waals surface area contributed by atoms with Gasteiger partial charge >= 0.3 is 0 Å². The van der Waals surface area contributed by atoms with Crippen molar-refractivity contribution in [2.24, 2.45) is 11.8 Å². The lowest BCUT2D eigenvalue weighted by Crippen LogP contribution is -2.26. The van der Waals surface area contributed by atoms with Crippen molar-refractivity contribution in [1.29, 1.82) is 0 Å². The van der Waals surface area contributed by atoms with E-state index in [9.17, 15) is 8.42 Å². The van der Waals surface area contributed by atoms with Crippen LogP contribution in [0.2, 0.25) is 0 Å². The van der Waals surface area contributed by atoms with Crippen molar-refractivity contribution in [3.8, 4) is 0 Å². The van der Waals surface area contributed by atoms with Gasteiger partial charge in [-0.15, -0.1) is 0 Å². The van der Waals surface area contributed by atoms with Crippen molar-refractivity contribution in [2.75, 3.05) is 12.4 Å². The van der Waals surface area contributed by atoms with E-state index in [0.29, 0.717) is 12.7 Å². The minimum atomic E-state index is -3.44. The SMILES string of the molecule is CC(C)C(COC1CCCCCC1)CS(=O)(=O)Cl. The molecule has 0 heterocycles. The third-order valence-corrected chi connectivity index (χ3v) is 4.91. The Bertz CT molecular complexity index is 319. The van der Waals surface area contributed by atoms with Gasteiger partial charge in [-0.1, -0.05) is 39.5 Å². The molecule has 0 aromatic rings. The van der Waals surface area contributed by atoms with Gasteiger partial charge in [0.15, 0.2) is 0 Å². The van der Waals surface area contributed by atoms with Gasteiger partial charge in [0, 0.05) is 10.7 Å². The molecule has 0 spiro atoms. The highest BCUT2D eigenvalue weighted by molar-refractivity contribution is 8.13. The first kappa shape index (κ1) is 16.3. The highest BCUT2D eigenvalue weighted by Gasteiger charge is 2.22.